The number of hydrogen-bond donors (Lipinski definition) is 0. The first kappa shape index (κ1) is 22.9. The number of para-hydroxylation sites is 1. The Kier molecular flexibility index (Phi) is 6.54. The maximum absolute atomic E-state index is 13.6. The molecule has 0 aromatic heterocycles. The van der Waals surface area contributed by atoms with Crippen LogP contribution in [0.1, 0.15) is 11.1 Å². The van der Waals surface area contributed by atoms with Crippen LogP contribution in [-0.2, 0) is 16.1 Å². The molecule has 0 unspecified atom stereocenters. The number of carbonyl (C=O) groups is 2. The van der Waals surface area contributed by atoms with Gasteiger partial charge in [-0.2, -0.15) is 0 Å². The van der Waals surface area contributed by atoms with Crippen LogP contribution in [0.2, 0.25) is 0 Å². The maximum Gasteiger partial charge on any atom is 0.278 e. The maximum atomic E-state index is 13.6. The van der Waals surface area contributed by atoms with Crippen molar-refractivity contribution >= 4 is 23.1 Å². The van der Waals surface area contributed by atoms with Gasteiger partial charge in [0.2, 0.25) is 0 Å². The number of methoxy groups -OCH3 is 3. The van der Waals surface area contributed by atoms with Crippen molar-refractivity contribution in [3.8, 4) is 17.2 Å². The SMILES string of the molecule is COc1ccc(C2=C(N(C)c3ccccc3)C(=O)N(Cc3ccc(OC)c(OC)c3)C2=O)cc1. The van der Waals surface area contributed by atoms with Crippen LogP contribution in [0.3, 0.4) is 0 Å². The molecule has 7 heteroatoms. The summed E-state index contributed by atoms with van der Waals surface area (Å²) in [6.07, 6.45) is 0. The molecular weight excluding hydrogens is 432 g/mol. The molecule has 0 aliphatic carbocycles. The van der Waals surface area contributed by atoms with Crippen molar-refractivity contribution < 1.29 is 23.8 Å². The molecule has 2 amide bonds. The Labute approximate surface area is 198 Å². The molecule has 1 aliphatic rings. The first-order valence-corrected chi connectivity index (χ1v) is 10.7. The van der Waals surface area contributed by atoms with Crippen molar-refractivity contribution in [2.24, 2.45) is 0 Å². The average Bonchev–Trinajstić information content (AvgIpc) is 3.13. The van der Waals surface area contributed by atoms with Crippen LogP contribution in [0.5, 0.6) is 17.2 Å². The monoisotopic (exact) mass is 458 g/mol. The van der Waals surface area contributed by atoms with E-state index in [1.165, 1.54) is 4.90 Å². The van der Waals surface area contributed by atoms with Crippen molar-refractivity contribution in [2.45, 2.75) is 6.54 Å². The van der Waals surface area contributed by atoms with Crippen molar-refractivity contribution in [1.82, 2.24) is 4.90 Å². The summed E-state index contributed by atoms with van der Waals surface area (Å²) >= 11 is 0. The Hall–Kier alpha value is -4.26. The number of carbonyl (C=O) groups excluding carboxylic acids is 2. The summed E-state index contributed by atoms with van der Waals surface area (Å²) in [5.41, 5.74) is 2.86. The molecule has 4 rings (SSSR count). The number of hydrogen-bond acceptors (Lipinski definition) is 6. The van der Waals surface area contributed by atoms with Crippen LogP contribution >= 0.6 is 0 Å². The molecule has 0 atom stereocenters. The predicted octanol–water partition coefficient (Wildman–Crippen LogP) is 4.13. The summed E-state index contributed by atoms with van der Waals surface area (Å²) in [5.74, 6) is 1.05. The van der Waals surface area contributed by atoms with Gasteiger partial charge in [-0.25, -0.2) is 0 Å². The van der Waals surface area contributed by atoms with Gasteiger partial charge in [-0.3, -0.25) is 14.5 Å². The van der Waals surface area contributed by atoms with Gasteiger partial charge in [-0.15, -0.1) is 0 Å². The minimum absolute atomic E-state index is 0.101. The zero-order chi connectivity index (χ0) is 24.2. The lowest BCUT2D eigenvalue weighted by molar-refractivity contribution is -0.137. The molecule has 0 saturated carbocycles. The molecule has 0 bridgehead atoms. The average molecular weight is 459 g/mol. The summed E-state index contributed by atoms with van der Waals surface area (Å²) in [6.45, 7) is 0.101. The summed E-state index contributed by atoms with van der Waals surface area (Å²) < 4.78 is 15.9. The highest BCUT2D eigenvalue weighted by Gasteiger charge is 2.41. The second kappa shape index (κ2) is 9.70. The van der Waals surface area contributed by atoms with Crippen molar-refractivity contribution in [1.29, 1.82) is 0 Å². The molecular formula is C27H26N2O5. The summed E-state index contributed by atoms with van der Waals surface area (Å²) in [7, 11) is 6.48. The fourth-order valence-electron chi connectivity index (χ4n) is 3.98. The van der Waals surface area contributed by atoms with E-state index >= 15 is 0 Å². The summed E-state index contributed by atoms with van der Waals surface area (Å²) in [5, 5.41) is 0. The normalized spacial score (nSPS) is 13.4. The highest BCUT2D eigenvalue weighted by atomic mass is 16.5. The Morgan fingerprint density at radius 2 is 1.44 bits per heavy atom. The summed E-state index contributed by atoms with van der Waals surface area (Å²) in [4.78, 5) is 30.3. The van der Waals surface area contributed by atoms with Crippen LogP contribution in [0.25, 0.3) is 5.57 Å². The third kappa shape index (κ3) is 4.20. The van der Waals surface area contributed by atoms with Crippen molar-refractivity contribution in [3.05, 3.63) is 89.6 Å². The van der Waals surface area contributed by atoms with E-state index in [1.54, 1.807) is 69.7 Å². The van der Waals surface area contributed by atoms with Crippen LogP contribution in [0.4, 0.5) is 5.69 Å². The molecule has 1 aliphatic heterocycles. The second-order valence-corrected chi connectivity index (χ2v) is 7.73. The van der Waals surface area contributed by atoms with E-state index in [2.05, 4.69) is 0 Å². The zero-order valence-corrected chi connectivity index (χ0v) is 19.6. The van der Waals surface area contributed by atoms with Gasteiger partial charge in [0.15, 0.2) is 11.5 Å². The number of anilines is 1. The molecule has 0 fully saturated rings. The number of amides is 2. The Morgan fingerprint density at radius 3 is 2.06 bits per heavy atom. The fraction of sp³-hybridized carbons (Fsp3) is 0.185. The van der Waals surface area contributed by atoms with Gasteiger partial charge in [-0.1, -0.05) is 36.4 Å². The van der Waals surface area contributed by atoms with E-state index in [-0.39, 0.29) is 18.4 Å². The molecule has 0 spiro atoms. The molecule has 3 aromatic carbocycles. The number of imide groups is 1. The fourth-order valence-corrected chi connectivity index (χ4v) is 3.98. The van der Waals surface area contributed by atoms with Gasteiger partial charge in [-0.05, 0) is 47.5 Å². The van der Waals surface area contributed by atoms with E-state index in [9.17, 15) is 9.59 Å². The Bertz CT molecular complexity index is 1240. The van der Waals surface area contributed by atoms with E-state index in [4.69, 9.17) is 14.2 Å². The van der Waals surface area contributed by atoms with Crippen LogP contribution in [0, 0.1) is 0 Å². The topological polar surface area (TPSA) is 68.3 Å². The zero-order valence-electron chi connectivity index (χ0n) is 19.6. The molecule has 1 heterocycles. The van der Waals surface area contributed by atoms with Gasteiger partial charge in [0.1, 0.15) is 11.4 Å². The van der Waals surface area contributed by atoms with Gasteiger partial charge < -0.3 is 19.1 Å². The minimum atomic E-state index is -0.364. The lowest BCUT2D eigenvalue weighted by Crippen LogP contribution is -2.33. The largest absolute Gasteiger partial charge is 0.497 e. The number of ether oxygens (including phenoxy) is 3. The standard InChI is InChI=1S/C27H26N2O5/c1-28(20-8-6-5-7-9-20)25-24(19-11-13-21(32-2)14-12-19)26(30)29(27(25)31)17-18-10-15-22(33-3)23(16-18)34-4/h5-16H,17H2,1-4H3. The Morgan fingerprint density at radius 1 is 0.765 bits per heavy atom. The summed E-state index contributed by atoms with van der Waals surface area (Å²) in [6, 6.07) is 21.9. The quantitative estimate of drug-likeness (QED) is 0.473. The number of rotatable bonds is 8. The van der Waals surface area contributed by atoms with Gasteiger partial charge in [0.25, 0.3) is 11.8 Å². The second-order valence-electron chi connectivity index (χ2n) is 7.73. The van der Waals surface area contributed by atoms with E-state index in [1.807, 2.05) is 36.4 Å². The third-order valence-electron chi connectivity index (χ3n) is 5.79. The molecule has 7 nitrogen and oxygen atoms in total. The van der Waals surface area contributed by atoms with E-state index < -0.39 is 0 Å². The first-order chi connectivity index (χ1) is 16.5. The van der Waals surface area contributed by atoms with Crippen LogP contribution in [0.15, 0.2) is 78.5 Å². The Balaban J connectivity index is 1.75. The van der Waals surface area contributed by atoms with Crippen LogP contribution < -0.4 is 19.1 Å². The number of nitrogens with zero attached hydrogens (tertiary/aromatic N) is 2. The van der Waals surface area contributed by atoms with Crippen molar-refractivity contribution in [2.75, 3.05) is 33.3 Å². The molecule has 3 aromatic rings. The third-order valence-corrected chi connectivity index (χ3v) is 5.79. The minimum Gasteiger partial charge on any atom is -0.497 e. The van der Waals surface area contributed by atoms with E-state index in [0.717, 1.165) is 11.3 Å². The number of benzene rings is 3. The van der Waals surface area contributed by atoms with Crippen LogP contribution in [-0.4, -0.2) is 45.1 Å². The van der Waals surface area contributed by atoms with Gasteiger partial charge in [0.05, 0.1) is 33.4 Å². The molecule has 34 heavy (non-hydrogen) atoms. The predicted molar refractivity (Wildman–Crippen MR) is 130 cm³/mol. The molecule has 0 N–H and O–H groups in total. The van der Waals surface area contributed by atoms with E-state index in [0.29, 0.717) is 34.1 Å². The smallest absolute Gasteiger partial charge is 0.278 e. The highest BCUT2D eigenvalue weighted by molar-refractivity contribution is 6.36. The van der Waals surface area contributed by atoms with Gasteiger partial charge >= 0.3 is 0 Å². The lowest BCUT2D eigenvalue weighted by Gasteiger charge is -2.22. The molecule has 0 radical (unpaired) electrons. The van der Waals surface area contributed by atoms with Gasteiger partial charge in [0, 0.05) is 12.7 Å². The highest BCUT2D eigenvalue weighted by Crippen LogP contribution is 2.36. The number of likely N-dealkylation sites (N-methyl/N-ethyl adjacent to an activating group) is 1. The van der Waals surface area contributed by atoms with Crippen molar-refractivity contribution in [3.63, 3.8) is 0 Å². The molecule has 0 saturated heterocycles. The first-order valence-electron chi connectivity index (χ1n) is 10.7. The molecule has 174 valence electrons. The lowest BCUT2D eigenvalue weighted by atomic mass is 10.0.